The summed E-state index contributed by atoms with van der Waals surface area (Å²) in [6.45, 7) is 14.6. The van der Waals surface area contributed by atoms with Gasteiger partial charge >= 0.3 is 0 Å². The van der Waals surface area contributed by atoms with Crippen LogP contribution in [0.1, 0.15) is 45.2 Å². The number of hydrogen-bond acceptors (Lipinski definition) is 3. The molecular weight excluding hydrogens is 246 g/mol. The van der Waals surface area contributed by atoms with Crippen LogP contribution in [0, 0.1) is 12.3 Å². The van der Waals surface area contributed by atoms with E-state index in [0.717, 1.165) is 19.6 Å². The summed E-state index contributed by atoms with van der Waals surface area (Å²) in [4.78, 5) is 6.95. The van der Waals surface area contributed by atoms with E-state index in [2.05, 4.69) is 55.9 Å². The van der Waals surface area contributed by atoms with E-state index in [9.17, 15) is 0 Å². The van der Waals surface area contributed by atoms with Gasteiger partial charge in [-0.1, -0.05) is 33.8 Å². The molecule has 3 heteroatoms. The normalized spacial score (nSPS) is 24.9. The lowest BCUT2D eigenvalue weighted by molar-refractivity contribution is 0.0774. The van der Waals surface area contributed by atoms with Crippen LogP contribution in [0.4, 0.5) is 0 Å². The highest BCUT2D eigenvalue weighted by molar-refractivity contribution is 5.16. The quantitative estimate of drug-likeness (QED) is 0.919. The van der Waals surface area contributed by atoms with Crippen molar-refractivity contribution in [1.29, 1.82) is 0 Å². The molecule has 20 heavy (non-hydrogen) atoms. The summed E-state index contributed by atoms with van der Waals surface area (Å²) in [6.07, 6.45) is 5.13. The first-order valence-corrected chi connectivity index (χ1v) is 7.78. The van der Waals surface area contributed by atoms with Gasteiger partial charge in [0, 0.05) is 44.1 Å². The minimum atomic E-state index is 0.307. The predicted molar refractivity (Wildman–Crippen MR) is 84.7 cm³/mol. The summed E-state index contributed by atoms with van der Waals surface area (Å²) in [7, 11) is 0. The molecule has 0 aliphatic carbocycles. The molecule has 1 aliphatic rings. The van der Waals surface area contributed by atoms with Gasteiger partial charge < -0.3 is 5.32 Å². The van der Waals surface area contributed by atoms with Crippen molar-refractivity contribution in [2.75, 3.05) is 13.1 Å². The van der Waals surface area contributed by atoms with Crippen LogP contribution in [0.25, 0.3) is 0 Å². The molecule has 0 bridgehead atoms. The highest BCUT2D eigenvalue weighted by atomic mass is 15.2. The zero-order valence-corrected chi connectivity index (χ0v) is 13.6. The number of nitrogens with one attached hydrogen (secondary N) is 1. The Morgan fingerprint density at radius 3 is 2.70 bits per heavy atom. The molecule has 0 spiro atoms. The fourth-order valence-corrected chi connectivity index (χ4v) is 2.97. The maximum absolute atomic E-state index is 4.33. The summed E-state index contributed by atoms with van der Waals surface area (Å²) in [5, 5.41) is 3.73. The first kappa shape index (κ1) is 15.5. The maximum Gasteiger partial charge on any atom is 0.0313 e. The average molecular weight is 275 g/mol. The van der Waals surface area contributed by atoms with E-state index in [4.69, 9.17) is 0 Å². The Balaban J connectivity index is 2.09. The summed E-state index contributed by atoms with van der Waals surface area (Å²) < 4.78 is 0. The molecular formula is C17H29N3. The molecule has 1 fully saturated rings. The molecule has 112 valence electrons. The predicted octanol–water partition coefficient (Wildman–Crippen LogP) is 2.99. The molecule has 2 unspecified atom stereocenters. The molecule has 0 radical (unpaired) electrons. The Labute approximate surface area is 123 Å². The second-order valence-corrected chi connectivity index (χ2v) is 7.19. The summed E-state index contributed by atoms with van der Waals surface area (Å²) in [5.41, 5.74) is 2.89. The summed E-state index contributed by atoms with van der Waals surface area (Å²) in [5.74, 6) is 0. The third-order valence-electron chi connectivity index (χ3n) is 4.37. The van der Waals surface area contributed by atoms with Crippen molar-refractivity contribution in [1.82, 2.24) is 15.2 Å². The lowest BCUT2D eigenvalue weighted by atomic mass is 9.84. The molecule has 2 rings (SSSR count). The molecule has 3 nitrogen and oxygen atoms in total. The summed E-state index contributed by atoms with van der Waals surface area (Å²) in [6, 6.07) is 3.45. The number of hydrogen-bond donors (Lipinski definition) is 1. The Hall–Kier alpha value is -0.930. The van der Waals surface area contributed by atoms with E-state index in [0.29, 0.717) is 17.5 Å². The van der Waals surface area contributed by atoms with Crippen LogP contribution in [0.3, 0.4) is 0 Å². The van der Waals surface area contributed by atoms with Gasteiger partial charge in [-0.3, -0.25) is 9.88 Å². The molecule has 1 saturated heterocycles. The SMILES string of the molecule is CCC1CNC(C(C)(C)C)CN1Cc1cncc(C)c1. The topological polar surface area (TPSA) is 28.2 Å². The van der Waals surface area contributed by atoms with Crippen molar-refractivity contribution < 1.29 is 0 Å². The number of nitrogens with zero attached hydrogens (tertiary/aromatic N) is 2. The van der Waals surface area contributed by atoms with Crippen LogP contribution in [-0.2, 0) is 6.54 Å². The number of piperazine rings is 1. The number of pyridine rings is 1. The standard InChI is InChI=1S/C17H29N3/c1-6-15-10-19-16(17(3,4)5)12-20(15)11-14-7-13(2)8-18-9-14/h7-9,15-16,19H,6,10-12H2,1-5H3. The van der Waals surface area contributed by atoms with Crippen LogP contribution < -0.4 is 5.32 Å². The largest absolute Gasteiger partial charge is 0.311 e. The van der Waals surface area contributed by atoms with Crippen molar-refractivity contribution in [2.24, 2.45) is 5.41 Å². The molecule has 1 aromatic heterocycles. The second kappa shape index (κ2) is 6.23. The van der Waals surface area contributed by atoms with Crippen LogP contribution in [0.5, 0.6) is 0 Å². The van der Waals surface area contributed by atoms with Crippen molar-refractivity contribution in [3.8, 4) is 0 Å². The van der Waals surface area contributed by atoms with Crippen LogP contribution in [0.15, 0.2) is 18.5 Å². The van der Waals surface area contributed by atoms with Gasteiger partial charge in [0.1, 0.15) is 0 Å². The minimum Gasteiger partial charge on any atom is -0.311 e. The van der Waals surface area contributed by atoms with Gasteiger partial charge in [-0.2, -0.15) is 0 Å². The molecule has 1 N–H and O–H groups in total. The number of aromatic nitrogens is 1. The smallest absolute Gasteiger partial charge is 0.0313 e. The van der Waals surface area contributed by atoms with Crippen molar-refractivity contribution in [3.63, 3.8) is 0 Å². The maximum atomic E-state index is 4.33. The van der Waals surface area contributed by atoms with Crippen molar-refractivity contribution in [3.05, 3.63) is 29.6 Å². The van der Waals surface area contributed by atoms with E-state index in [1.54, 1.807) is 0 Å². The van der Waals surface area contributed by atoms with E-state index in [1.807, 2.05) is 12.4 Å². The van der Waals surface area contributed by atoms with Gasteiger partial charge in [-0.25, -0.2) is 0 Å². The highest BCUT2D eigenvalue weighted by Gasteiger charge is 2.33. The monoisotopic (exact) mass is 275 g/mol. The number of rotatable bonds is 3. The lowest BCUT2D eigenvalue weighted by Crippen LogP contribution is -2.59. The Morgan fingerprint density at radius 2 is 2.10 bits per heavy atom. The molecule has 1 aliphatic heterocycles. The minimum absolute atomic E-state index is 0.307. The summed E-state index contributed by atoms with van der Waals surface area (Å²) >= 11 is 0. The van der Waals surface area contributed by atoms with Gasteiger partial charge in [0.15, 0.2) is 0 Å². The second-order valence-electron chi connectivity index (χ2n) is 7.19. The lowest BCUT2D eigenvalue weighted by Gasteiger charge is -2.45. The Bertz CT molecular complexity index is 436. The molecule has 0 saturated carbocycles. The third-order valence-corrected chi connectivity index (χ3v) is 4.37. The highest BCUT2D eigenvalue weighted by Crippen LogP contribution is 2.25. The van der Waals surface area contributed by atoms with Gasteiger partial charge in [0.25, 0.3) is 0 Å². The van der Waals surface area contributed by atoms with E-state index < -0.39 is 0 Å². The Kier molecular flexibility index (Phi) is 4.82. The molecule has 1 aromatic rings. The van der Waals surface area contributed by atoms with E-state index in [-0.39, 0.29) is 0 Å². The van der Waals surface area contributed by atoms with Crippen molar-refractivity contribution in [2.45, 2.75) is 59.7 Å². The average Bonchev–Trinajstić information content (AvgIpc) is 2.37. The van der Waals surface area contributed by atoms with Gasteiger partial charge in [0.2, 0.25) is 0 Å². The molecule has 2 heterocycles. The van der Waals surface area contributed by atoms with Gasteiger partial charge in [0.05, 0.1) is 0 Å². The molecule has 0 aromatic carbocycles. The van der Waals surface area contributed by atoms with E-state index in [1.165, 1.54) is 17.5 Å². The van der Waals surface area contributed by atoms with Gasteiger partial charge in [-0.15, -0.1) is 0 Å². The van der Waals surface area contributed by atoms with E-state index >= 15 is 0 Å². The van der Waals surface area contributed by atoms with Gasteiger partial charge in [-0.05, 0) is 29.9 Å². The van der Waals surface area contributed by atoms with Crippen molar-refractivity contribution >= 4 is 0 Å². The fourth-order valence-electron chi connectivity index (χ4n) is 2.97. The first-order valence-electron chi connectivity index (χ1n) is 7.78. The zero-order chi connectivity index (χ0) is 14.8. The van der Waals surface area contributed by atoms with Crippen LogP contribution >= 0.6 is 0 Å². The van der Waals surface area contributed by atoms with Crippen LogP contribution in [-0.4, -0.2) is 35.1 Å². The fraction of sp³-hybridized carbons (Fsp3) is 0.706. The molecule has 2 atom stereocenters. The third kappa shape index (κ3) is 3.80. The zero-order valence-electron chi connectivity index (χ0n) is 13.6. The Morgan fingerprint density at radius 1 is 1.35 bits per heavy atom. The van der Waals surface area contributed by atoms with Crippen LogP contribution in [0.2, 0.25) is 0 Å². The molecule has 0 amide bonds. The first-order chi connectivity index (χ1) is 9.40. The number of aryl methyl sites for hydroxylation is 1.